The summed E-state index contributed by atoms with van der Waals surface area (Å²) in [6, 6.07) is 11.7. The number of hydrogen-bond acceptors (Lipinski definition) is 6. The van der Waals surface area contributed by atoms with Gasteiger partial charge >= 0.3 is 0 Å². The zero-order chi connectivity index (χ0) is 18.8. The lowest BCUT2D eigenvalue weighted by Gasteiger charge is -2.05. The topological polar surface area (TPSA) is 69.0 Å². The van der Waals surface area contributed by atoms with Gasteiger partial charge in [0.2, 0.25) is 0 Å². The van der Waals surface area contributed by atoms with Crippen LogP contribution in [0, 0.1) is 13.8 Å². The van der Waals surface area contributed by atoms with Crippen molar-refractivity contribution in [3.63, 3.8) is 0 Å². The molecule has 0 saturated carbocycles. The van der Waals surface area contributed by atoms with E-state index in [1.807, 2.05) is 57.2 Å². The average molecular weight is 352 g/mol. The Morgan fingerprint density at radius 3 is 2.46 bits per heavy atom. The van der Waals surface area contributed by atoms with Gasteiger partial charge in [-0.05, 0) is 45.0 Å². The van der Waals surface area contributed by atoms with Gasteiger partial charge in [0.05, 0.1) is 5.69 Å². The van der Waals surface area contributed by atoms with Crippen LogP contribution in [0.15, 0.2) is 58.9 Å². The molecule has 6 nitrogen and oxygen atoms in total. The molecule has 2 aromatic rings. The van der Waals surface area contributed by atoms with Crippen molar-refractivity contribution in [3.8, 4) is 0 Å². The van der Waals surface area contributed by atoms with Crippen molar-refractivity contribution in [2.45, 2.75) is 27.2 Å². The van der Waals surface area contributed by atoms with E-state index in [-0.39, 0.29) is 13.2 Å². The third-order valence-corrected chi connectivity index (χ3v) is 3.39. The van der Waals surface area contributed by atoms with Crippen LogP contribution < -0.4 is 0 Å². The van der Waals surface area contributed by atoms with E-state index < -0.39 is 0 Å². The van der Waals surface area contributed by atoms with Crippen LogP contribution in [0.2, 0.25) is 0 Å². The Morgan fingerprint density at radius 1 is 1.04 bits per heavy atom. The Hall–Kier alpha value is -3.02. The minimum Gasteiger partial charge on any atom is -0.391 e. The minimum atomic E-state index is 0.262. The van der Waals surface area contributed by atoms with Crippen LogP contribution in [0.25, 0.3) is 0 Å². The van der Waals surface area contributed by atoms with E-state index in [0.717, 1.165) is 28.3 Å². The number of aryl methyl sites for hydroxylation is 2. The summed E-state index contributed by atoms with van der Waals surface area (Å²) in [5.41, 5.74) is 5.12. The Balaban J connectivity index is 1.67. The Kier molecular flexibility index (Phi) is 7.49. The second-order valence-electron chi connectivity index (χ2n) is 5.90. The van der Waals surface area contributed by atoms with Crippen LogP contribution in [-0.2, 0) is 16.1 Å². The van der Waals surface area contributed by atoms with E-state index >= 15 is 0 Å². The molecule has 26 heavy (non-hydrogen) atoms. The molecule has 0 aliphatic rings. The molecule has 0 aliphatic carbocycles. The zero-order valence-electron chi connectivity index (χ0n) is 15.5. The molecule has 0 N–H and O–H groups in total. The standard InChI is InChI=1S/C20H24N4O2/c1-15(13-25-21-12-11-19-9-5-7-16(2)22-19)14-26-24-18(4)20-10-6-8-17(3)23-20/h5-10,12H,1,11,13-14H2,2-4H3/b21-12+,24-18+. The smallest absolute Gasteiger partial charge is 0.141 e. The van der Waals surface area contributed by atoms with Crippen molar-refractivity contribution in [2.75, 3.05) is 13.2 Å². The second kappa shape index (κ2) is 10.1. The molecule has 0 amide bonds. The van der Waals surface area contributed by atoms with Crippen LogP contribution >= 0.6 is 0 Å². The third-order valence-electron chi connectivity index (χ3n) is 3.39. The van der Waals surface area contributed by atoms with E-state index in [0.29, 0.717) is 12.1 Å². The Labute approximate surface area is 154 Å². The van der Waals surface area contributed by atoms with Gasteiger partial charge in [0.1, 0.15) is 18.9 Å². The maximum absolute atomic E-state index is 5.30. The first-order valence-corrected chi connectivity index (χ1v) is 8.38. The summed E-state index contributed by atoms with van der Waals surface area (Å²) < 4.78 is 0. The fourth-order valence-electron chi connectivity index (χ4n) is 2.08. The first kappa shape index (κ1) is 19.3. The van der Waals surface area contributed by atoms with Gasteiger partial charge in [0.25, 0.3) is 0 Å². The molecule has 2 rings (SSSR count). The number of pyridine rings is 2. The second-order valence-corrected chi connectivity index (χ2v) is 5.90. The Bertz CT molecular complexity index is 800. The van der Waals surface area contributed by atoms with Crippen LogP contribution in [0.5, 0.6) is 0 Å². The summed E-state index contributed by atoms with van der Waals surface area (Å²) in [5.74, 6) is 0. The summed E-state index contributed by atoms with van der Waals surface area (Å²) in [6.45, 7) is 10.2. The highest BCUT2D eigenvalue weighted by molar-refractivity contribution is 5.96. The third kappa shape index (κ3) is 6.84. The zero-order valence-corrected chi connectivity index (χ0v) is 15.5. The summed E-state index contributed by atoms with van der Waals surface area (Å²) in [7, 11) is 0. The summed E-state index contributed by atoms with van der Waals surface area (Å²) in [4.78, 5) is 19.3. The number of hydrogen-bond donors (Lipinski definition) is 0. The van der Waals surface area contributed by atoms with E-state index in [1.165, 1.54) is 0 Å². The first-order chi connectivity index (χ1) is 12.5. The van der Waals surface area contributed by atoms with Gasteiger partial charge < -0.3 is 9.68 Å². The van der Waals surface area contributed by atoms with Crippen molar-refractivity contribution in [3.05, 3.63) is 71.3 Å². The lowest BCUT2D eigenvalue weighted by Crippen LogP contribution is -2.04. The number of oxime groups is 2. The molecule has 0 aliphatic heterocycles. The molecule has 0 radical (unpaired) electrons. The number of nitrogens with zero attached hydrogens (tertiary/aromatic N) is 4. The summed E-state index contributed by atoms with van der Waals surface area (Å²) >= 11 is 0. The lowest BCUT2D eigenvalue weighted by atomic mass is 10.2. The van der Waals surface area contributed by atoms with Gasteiger partial charge in [-0.3, -0.25) is 9.97 Å². The highest BCUT2D eigenvalue weighted by atomic mass is 16.6. The van der Waals surface area contributed by atoms with Crippen molar-refractivity contribution in [2.24, 2.45) is 10.3 Å². The molecule has 0 saturated heterocycles. The van der Waals surface area contributed by atoms with Crippen molar-refractivity contribution >= 4 is 11.9 Å². The van der Waals surface area contributed by atoms with Gasteiger partial charge in [-0.15, -0.1) is 0 Å². The molecule has 0 bridgehead atoms. The molecular weight excluding hydrogens is 328 g/mol. The van der Waals surface area contributed by atoms with E-state index in [1.54, 1.807) is 6.21 Å². The molecule has 0 fully saturated rings. The van der Waals surface area contributed by atoms with E-state index in [4.69, 9.17) is 9.68 Å². The highest BCUT2D eigenvalue weighted by Crippen LogP contribution is 2.02. The molecular formula is C20H24N4O2. The average Bonchev–Trinajstić information content (AvgIpc) is 2.61. The number of rotatable bonds is 9. The van der Waals surface area contributed by atoms with Crippen molar-refractivity contribution in [1.82, 2.24) is 9.97 Å². The lowest BCUT2D eigenvalue weighted by molar-refractivity contribution is 0.129. The van der Waals surface area contributed by atoms with E-state index in [2.05, 4.69) is 26.9 Å². The number of aromatic nitrogens is 2. The van der Waals surface area contributed by atoms with Crippen molar-refractivity contribution < 1.29 is 9.68 Å². The first-order valence-electron chi connectivity index (χ1n) is 8.38. The predicted octanol–water partition coefficient (Wildman–Crippen LogP) is 3.64. The predicted molar refractivity (Wildman–Crippen MR) is 103 cm³/mol. The maximum Gasteiger partial charge on any atom is 0.141 e. The molecule has 0 atom stereocenters. The molecule has 2 heterocycles. The largest absolute Gasteiger partial charge is 0.391 e. The molecule has 0 aromatic carbocycles. The molecule has 0 spiro atoms. The van der Waals surface area contributed by atoms with Crippen LogP contribution in [0.4, 0.5) is 0 Å². The highest BCUT2D eigenvalue weighted by Gasteiger charge is 2.01. The van der Waals surface area contributed by atoms with Gasteiger partial charge in [0, 0.05) is 35.3 Å². The van der Waals surface area contributed by atoms with Gasteiger partial charge in [-0.1, -0.05) is 29.0 Å². The Morgan fingerprint density at radius 2 is 1.73 bits per heavy atom. The van der Waals surface area contributed by atoms with Crippen LogP contribution in [0.3, 0.4) is 0 Å². The quantitative estimate of drug-likeness (QED) is 0.392. The minimum absolute atomic E-state index is 0.262. The van der Waals surface area contributed by atoms with Crippen molar-refractivity contribution in [1.29, 1.82) is 0 Å². The maximum atomic E-state index is 5.30. The molecule has 2 aromatic heterocycles. The van der Waals surface area contributed by atoms with Gasteiger partial charge in [-0.25, -0.2) is 0 Å². The normalized spacial score (nSPS) is 11.6. The van der Waals surface area contributed by atoms with Crippen LogP contribution in [0.1, 0.15) is 29.7 Å². The molecule has 0 unspecified atom stereocenters. The van der Waals surface area contributed by atoms with Gasteiger partial charge in [0.15, 0.2) is 0 Å². The van der Waals surface area contributed by atoms with E-state index in [9.17, 15) is 0 Å². The molecule has 136 valence electrons. The monoisotopic (exact) mass is 352 g/mol. The SMILES string of the molecule is C=C(CO/N=C/Cc1cccc(C)n1)CO/N=C(\C)c1cccc(C)n1. The summed E-state index contributed by atoms with van der Waals surface area (Å²) in [6.07, 6.45) is 2.30. The summed E-state index contributed by atoms with van der Waals surface area (Å²) in [5, 5.41) is 7.97. The molecule has 6 heteroatoms. The fraction of sp³-hybridized carbons (Fsp3) is 0.300. The fourth-order valence-corrected chi connectivity index (χ4v) is 2.08. The van der Waals surface area contributed by atoms with Crippen LogP contribution in [-0.4, -0.2) is 35.1 Å². The van der Waals surface area contributed by atoms with Gasteiger partial charge in [-0.2, -0.15) is 0 Å².